The van der Waals surface area contributed by atoms with Crippen molar-refractivity contribution in [2.75, 3.05) is 31.9 Å². The van der Waals surface area contributed by atoms with Gasteiger partial charge in [0, 0.05) is 38.1 Å². The number of para-hydroxylation sites is 1. The first-order chi connectivity index (χ1) is 11.9. The van der Waals surface area contributed by atoms with Crippen molar-refractivity contribution in [1.29, 1.82) is 0 Å². The summed E-state index contributed by atoms with van der Waals surface area (Å²) in [4.78, 5) is 17.5. The molecule has 9 heteroatoms. The van der Waals surface area contributed by atoms with Crippen molar-refractivity contribution in [2.24, 2.45) is 0 Å². The number of hydrogen-bond acceptors (Lipinski definition) is 4. The lowest BCUT2D eigenvalue weighted by molar-refractivity contribution is 0.0690. The zero-order valence-corrected chi connectivity index (χ0v) is 15.5. The number of nitrogens with zero attached hydrogens (tertiary/aromatic N) is 3. The van der Waals surface area contributed by atoms with Crippen molar-refractivity contribution in [3.05, 3.63) is 47.0 Å². The van der Waals surface area contributed by atoms with Gasteiger partial charge in [-0.25, -0.2) is 8.42 Å². The molecule has 1 aliphatic rings. The highest BCUT2D eigenvalue weighted by molar-refractivity contribution is 7.89. The van der Waals surface area contributed by atoms with Crippen molar-refractivity contribution in [3.63, 3.8) is 0 Å². The minimum atomic E-state index is -3.21. The highest BCUT2D eigenvalue weighted by atomic mass is 32.2. The van der Waals surface area contributed by atoms with Gasteiger partial charge in [0.05, 0.1) is 5.75 Å². The van der Waals surface area contributed by atoms with Crippen molar-refractivity contribution >= 4 is 28.1 Å². The van der Waals surface area contributed by atoms with Gasteiger partial charge < -0.3 is 9.88 Å². The van der Waals surface area contributed by atoms with E-state index in [1.165, 1.54) is 4.31 Å². The standard InChI is InChI=1S/C16H20N4O3S2/c1-2-25(22,23)19-10-8-18(9-11-19)15(21)14-12-17-16(24)20(14)13-6-4-3-5-7-13/h3-7,12H,2,8-11H2,1H3,(H,17,24). The molecule has 0 unspecified atom stereocenters. The number of hydrogen-bond donors (Lipinski definition) is 1. The average molecular weight is 380 g/mol. The molecule has 0 spiro atoms. The molecule has 1 saturated heterocycles. The molecule has 25 heavy (non-hydrogen) atoms. The minimum Gasteiger partial charge on any atom is -0.336 e. The summed E-state index contributed by atoms with van der Waals surface area (Å²) >= 11 is 5.31. The summed E-state index contributed by atoms with van der Waals surface area (Å²) < 4.78 is 27.5. The van der Waals surface area contributed by atoms with Crippen LogP contribution >= 0.6 is 12.2 Å². The summed E-state index contributed by atoms with van der Waals surface area (Å²) in [5, 5.41) is 0. The zero-order valence-electron chi connectivity index (χ0n) is 13.9. The van der Waals surface area contributed by atoms with Crippen LogP contribution in [0, 0.1) is 4.77 Å². The van der Waals surface area contributed by atoms with Gasteiger partial charge in [-0.15, -0.1) is 0 Å². The lowest BCUT2D eigenvalue weighted by Crippen LogP contribution is -2.51. The Labute approximate surface area is 151 Å². The number of sulfonamides is 1. The predicted octanol–water partition coefficient (Wildman–Crippen LogP) is 1.64. The summed E-state index contributed by atoms with van der Waals surface area (Å²) in [6, 6.07) is 9.42. The molecule has 134 valence electrons. The molecule has 0 aliphatic carbocycles. The molecule has 7 nitrogen and oxygen atoms in total. The number of rotatable bonds is 4. The third-order valence-electron chi connectivity index (χ3n) is 4.29. The number of amides is 1. The summed E-state index contributed by atoms with van der Waals surface area (Å²) in [6.07, 6.45) is 1.60. The van der Waals surface area contributed by atoms with Gasteiger partial charge in [-0.05, 0) is 31.3 Å². The van der Waals surface area contributed by atoms with Crippen LogP contribution in [-0.2, 0) is 10.0 Å². The van der Waals surface area contributed by atoms with Crippen LogP contribution in [0.3, 0.4) is 0 Å². The van der Waals surface area contributed by atoms with E-state index < -0.39 is 10.0 Å². The number of carbonyl (C=O) groups excluding carboxylic acids is 1. The number of benzene rings is 1. The van der Waals surface area contributed by atoms with Crippen LogP contribution in [0.15, 0.2) is 36.5 Å². The molecule has 1 fully saturated rings. The van der Waals surface area contributed by atoms with Crippen LogP contribution in [-0.4, -0.2) is 65.0 Å². The molecule has 1 amide bonds. The first-order valence-electron chi connectivity index (χ1n) is 8.07. The van der Waals surface area contributed by atoms with E-state index >= 15 is 0 Å². The van der Waals surface area contributed by atoms with E-state index in [2.05, 4.69) is 4.98 Å². The Bertz CT molecular complexity index is 910. The largest absolute Gasteiger partial charge is 0.336 e. The van der Waals surface area contributed by atoms with Gasteiger partial charge >= 0.3 is 0 Å². The maximum atomic E-state index is 12.9. The van der Waals surface area contributed by atoms with Gasteiger partial charge in [0.1, 0.15) is 5.69 Å². The van der Waals surface area contributed by atoms with Crippen LogP contribution in [0.25, 0.3) is 5.69 Å². The Morgan fingerprint density at radius 2 is 1.80 bits per heavy atom. The average Bonchev–Trinajstić information content (AvgIpc) is 3.03. The molecule has 2 aromatic rings. The molecule has 1 aromatic heterocycles. The van der Waals surface area contributed by atoms with E-state index in [0.717, 1.165) is 5.69 Å². The molecule has 0 radical (unpaired) electrons. The second kappa shape index (κ2) is 7.11. The highest BCUT2D eigenvalue weighted by Gasteiger charge is 2.29. The van der Waals surface area contributed by atoms with E-state index in [9.17, 15) is 13.2 Å². The Hall–Kier alpha value is -1.97. The monoisotopic (exact) mass is 380 g/mol. The molecular weight excluding hydrogens is 360 g/mol. The normalized spacial score (nSPS) is 16.1. The Balaban J connectivity index is 1.81. The van der Waals surface area contributed by atoms with Gasteiger partial charge in [-0.2, -0.15) is 4.31 Å². The first kappa shape index (κ1) is 17.8. The smallest absolute Gasteiger partial charge is 0.272 e. The zero-order chi connectivity index (χ0) is 18.0. The second-order valence-electron chi connectivity index (χ2n) is 5.74. The van der Waals surface area contributed by atoms with Crippen molar-refractivity contribution in [2.45, 2.75) is 6.92 Å². The molecule has 0 atom stereocenters. The van der Waals surface area contributed by atoms with Crippen LogP contribution < -0.4 is 0 Å². The molecule has 1 aliphatic heterocycles. The summed E-state index contributed by atoms with van der Waals surface area (Å²) in [5.74, 6) is -0.0868. The number of imidazole rings is 1. The summed E-state index contributed by atoms with van der Waals surface area (Å²) in [5.41, 5.74) is 1.26. The van der Waals surface area contributed by atoms with Crippen molar-refractivity contribution in [1.82, 2.24) is 18.8 Å². The van der Waals surface area contributed by atoms with E-state index in [4.69, 9.17) is 12.2 Å². The minimum absolute atomic E-state index is 0.0755. The second-order valence-corrected chi connectivity index (χ2v) is 8.39. The molecule has 2 heterocycles. The first-order valence-corrected chi connectivity index (χ1v) is 10.1. The third kappa shape index (κ3) is 3.53. The highest BCUT2D eigenvalue weighted by Crippen LogP contribution is 2.16. The van der Waals surface area contributed by atoms with Crippen molar-refractivity contribution in [3.8, 4) is 5.69 Å². The number of aromatic amines is 1. The molecule has 1 N–H and O–H groups in total. The van der Waals surface area contributed by atoms with Gasteiger partial charge in [0.2, 0.25) is 10.0 Å². The maximum Gasteiger partial charge on any atom is 0.272 e. The quantitative estimate of drug-likeness (QED) is 0.818. The number of H-pyrrole nitrogens is 1. The van der Waals surface area contributed by atoms with Crippen LogP contribution in [0.2, 0.25) is 0 Å². The van der Waals surface area contributed by atoms with Crippen LogP contribution in [0.1, 0.15) is 17.4 Å². The number of nitrogens with one attached hydrogen (secondary N) is 1. The number of aromatic nitrogens is 2. The summed E-state index contributed by atoms with van der Waals surface area (Å²) in [7, 11) is -3.21. The van der Waals surface area contributed by atoms with Crippen LogP contribution in [0.4, 0.5) is 0 Å². The fraction of sp³-hybridized carbons (Fsp3) is 0.375. The van der Waals surface area contributed by atoms with Gasteiger partial charge in [-0.1, -0.05) is 18.2 Å². The van der Waals surface area contributed by atoms with Crippen LogP contribution in [0.5, 0.6) is 0 Å². The molecule has 1 aromatic carbocycles. The Morgan fingerprint density at radius 1 is 1.16 bits per heavy atom. The van der Waals surface area contributed by atoms with E-state index in [-0.39, 0.29) is 11.7 Å². The van der Waals surface area contributed by atoms with E-state index in [1.54, 1.807) is 22.6 Å². The van der Waals surface area contributed by atoms with E-state index in [0.29, 0.717) is 36.6 Å². The predicted molar refractivity (Wildman–Crippen MR) is 97.9 cm³/mol. The number of carbonyl (C=O) groups is 1. The fourth-order valence-electron chi connectivity index (χ4n) is 2.87. The summed E-state index contributed by atoms with van der Waals surface area (Å²) in [6.45, 7) is 2.99. The Kier molecular flexibility index (Phi) is 5.07. The Morgan fingerprint density at radius 3 is 2.40 bits per heavy atom. The molecule has 0 bridgehead atoms. The van der Waals surface area contributed by atoms with Crippen molar-refractivity contribution < 1.29 is 13.2 Å². The fourth-order valence-corrected chi connectivity index (χ4v) is 4.22. The lowest BCUT2D eigenvalue weighted by Gasteiger charge is -2.33. The lowest BCUT2D eigenvalue weighted by atomic mass is 10.3. The van der Waals surface area contributed by atoms with E-state index in [1.807, 2.05) is 30.3 Å². The molecular formula is C16H20N4O3S2. The molecule has 3 rings (SSSR count). The maximum absolute atomic E-state index is 12.9. The van der Waals surface area contributed by atoms with Gasteiger partial charge in [0.15, 0.2) is 4.77 Å². The topological polar surface area (TPSA) is 78.4 Å². The van der Waals surface area contributed by atoms with Gasteiger partial charge in [0.25, 0.3) is 5.91 Å². The SMILES string of the molecule is CCS(=O)(=O)N1CCN(C(=O)c2c[nH]c(=S)n2-c2ccccc2)CC1. The van der Waals surface area contributed by atoms with Gasteiger partial charge in [-0.3, -0.25) is 9.36 Å². The number of piperazine rings is 1. The third-order valence-corrected chi connectivity index (χ3v) is 6.48. The molecule has 0 saturated carbocycles.